The Bertz CT molecular complexity index is 503. The number of carboxylic acid groups (broad SMARTS) is 1. The molecule has 0 saturated heterocycles. The molecule has 0 aromatic carbocycles. The first kappa shape index (κ1) is 14.4. The van der Waals surface area contributed by atoms with E-state index in [1.54, 1.807) is 32.3 Å². The smallest absolute Gasteiger partial charge is 0.309 e. The van der Waals surface area contributed by atoms with Gasteiger partial charge in [0, 0.05) is 18.3 Å². The second-order valence-corrected chi connectivity index (χ2v) is 5.23. The molecule has 5 heteroatoms. The van der Waals surface area contributed by atoms with E-state index in [9.17, 15) is 9.59 Å². The third-order valence-electron chi connectivity index (χ3n) is 3.09. The Morgan fingerprint density at radius 3 is 2.56 bits per heavy atom. The highest BCUT2D eigenvalue weighted by Gasteiger charge is 2.26. The molecule has 1 rings (SSSR count). The van der Waals surface area contributed by atoms with Gasteiger partial charge in [0.1, 0.15) is 5.82 Å². The van der Waals surface area contributed by atoms with Crippen LogP contribution in [0.4, 0.5) is 0 Å². The first-order valence-electron chi connectivity index (χ1n) is 6.02. The molecule has 0 aliphatic carbocycles. The second kappa shape index (κ2) is 5.33. The lowest BCUT2D eigenvalue weighted by molar-refractivity contribution is -0.147. The van der Waals surface area contributed by atoms with Crippen molar-refractivity contribution < 1.29 is 9.90 Å². The average Bonchev–Trinajstić information content (AvgIpc) is 2.21. The molecule has 1 aromatic heterocycles. The summed E-state index contributed by atoms with van der Waals surface area (Å²) in [6, 6.07) is 1.50. The summed E-state index contributed by atoms with van der Waals surface area (Å²) in [5.74, 6) is -0.137. The van der Waals surface area contributed by atoms with Gasteiger partial charge < -0.3 is 5.11 Å². The number of carbonyl (C=O) groups is 1. The van der Waals surface area contributed by atoms with Crippen LogP contribution in [0.15, 0.2) is 10.9 Å². The molecule has 5 nitrogen and oxygen atoms in total. The highest BCUT2D eigenvalue weighted by atomic mass is 16.4. The van der Waals surface area contributed by atoms with Gasteiger partial charge in [0.25, 0.3) is 5.56 Å². The zero-order valence-corrected chi connectivity index (χ0v) is 11.4. The maximum absolute atomic E-state index is 11.8. The zero-order valence-electron chi connectivity index (χ0n) is 11.4. The van der Waals surface area contributed by atoms with Crippen LogP contribution in [0.5, 0.6) is 0 Å². The van der Waals surface area contributed by atoms with Gasteiger partial charge in [-0.05, 0) is 40.5 Å². The Labute approximate surface area is 106 Å². The van der Waals surface area contributed by atoms with E-state index in [2.05, 4.69) is 4.98 Å². The Kier molecular flexibility index (Phi) is 4.27. The standard InChI is InChI=1S/C13H20N2O3/c1-9-8-11(16)15(10(2)14-9)7-5-6-13(3,4)12(17)18/h8H,5-7H2,1-4H3,(H,17,18). The van der Waals surface area contributed by atoms with Gasteiger partial charge in [-0.1, -0.05) is 0 Å². The quantitative estimate of drug-likeness (QED) is 0.866. The number of aromatic nitrogens is 2. The van der Waals surface area contributed by atoms with Gasteiger partial charge in [-0.2, -0.15) is 0 Å². The van der Waals surface area contributed by atoms with Crippen molar-refractivity contribution in [1.82, 2.24) is 9.55 Å². The van der Waals surface area contributed by atoms with Gasteiger partial charge in [0.15, 0.2) is 0 Å². The van der Waals surface area contributed by atoms with Crippen LogP contribution in [0.25, 0.3) is 0 Å². The summed E-state index contributed by atoms with van der Waals surface area (Å²) >= 11 is 0. The highest BCUT2D eigenvalue weighted by Crippen LogP contribution is 2.22. The first-order chi connectivity index (χ1) is 8.24. The molecule has 0 fully saturated rings. The molecule has 1 aromatic rings. The lowest BCUT2D eigenvalue weighted by Gasteiger charge is -2.19. The highest BCUT2D eigenvalue weighted by molar-refractivity contribution is 5.73. The van der Waals surface area contributed by atoms with Crippen molar-refractivity contribution >= 4 is 5.97 Å². The lowest BCUT2D eigenvalue weighted by atomic mass is 9.88. The predicted octanol–water partition coefficient (Wildman–Crippen LogP) is 1.75. The normalized spacial score (nSPS) is 11.6. The van der Waals surface area contributed by atoms with Gasteiger partial charge in [0.2, 0.25) is 0 Å². The minimum atomic E-state index is -0.811. The SMILES string of the molecule is Cc1cc(=O)n(CCCC(C)(C)C(=O)O)c(C)n1. The van der Waals surface area contributed by atoms with E-state index >= 15 is 0 Å². The third-order valence-corrected chi connectivity index (χ3v) is 3.09. The molecule has 0 amide bonds. The average molecular weight is 252 g/mol. The van der Waals surface area contributed by atoms with Gasteiger partial charge in [0.05, 0.1) is 5.41 Å². The predicted molar refractivity (Wildman–Crippen MR) is 68.6 cm³/mol. The molecule has 1 heterocycles. The Morgan fingerprint density at radius 1 is 1.44 bits per heavy atom. The summed E-state index contributed by atoms with van der Waals surface area (Å²) in [6.45, 7) is 7.47. The van der Waals surface area contributed by atoms with Crippen molar-refractivity contribution in [3.63, 3.8) is 0 Å². The van der Waals surface area contributed by atoms with Crippen molar-refractivity contribution in [2.24, 2.45) is 5.41 Å². The topological polar surface area (TPSA) is 72.2 Å². The minimum Gasteiger partial charge on any atom is -0.481 e. The second-order valence-electron chi connectivity index (χ2n) is 5.23. The van der Waals surface area contributed by atoms with Crippen molar-refractivity contribution in [3.05, 3.63) is 27.9 Å². The van der Waals surface area contributed by atoms with Crippen molar-refractivity contribution in [3.8, 4) is 0 Å². The monoisotopic (exact) mass is 252 g/mol. The van der Waals surface area contributed by atoms with Gasteiger partial charge in [-0.15, -0.1) is 0 Å². The summed E-state index contributed by atoms with van der Waals surface area (Å²) in [4.78, 5) is 26.9. The van der Waals surface area contributed by atoms with Crippen LogP contribution in [0.3, 0.4) is 0 Å². The molecule has 0 saturated carbocycles. The molecule has 0 atom stereocenters. The summed E-state index contributed by atoms with van der Waals surface area (Å²) in [7, 11) is 0. The summed E-state index contributed by atoms with van der Waals surface area (Å²) < 4.78 is 1.59. The van der Waals surface area contributed by atoms with Crippen molar-refractivity contribution in [2.45, 2.75) is 47.1 Å². The first-order valence-corrected chi connectivity index (χ1v) is 6.02. The van der Waals surface area contributed by atoms with Crippen LogP contribution >= 0.6 is 0 Å². The number of nitrogens with zero attached hydrogens (tertiary/aromatic N) is 2. The van der Waals surface area contributed by atoms with Crippen LogP contribution in [-0.2, 0) is 11.3 Å². The number of hydrogen-bond acceptors (Lipinski definition) is 3. The molecule has 100 valence electrons. The van der Waals surface area contributed by atoms with Gasteiger partial charge in [-0.3, -0.25) is 14.2 Å². The summed E-state index contributed by atoms with van der Waals surface area (Å²) in [5.41, 5.74) is -0.122. The third kappa shape index (κ3) is 3.42. The number of hydrogen-bond donors (Lipinski definition) is 1. The molecule has 18 heavy (non-hydrogen) atoms. The van der Waals surface area contributed by atoms with E-state index in [4.69, 9.17) is 5.11 Å². The number of carboxylic acids is 1. The molecular weight excluding hydrogens is 232 g/mol. The fourth-order valence-electron chi connectivity index (χ4n) is 1.82. The van der Waals surface area contributed by atoms with Crippen molar-refractivity contribution in [1.29, 1.82) is 0 Å². The molecule has 0 aliphatic heterocycles. The molecule has 0 radical (unpaired) electrons. The van der Waals surface area contributed by atoms with Crippen LogP contribution in [0, 0.1) is 19.3 Å². The van der Waals surface area contributed by atoms with E-state index in [0.29, 0.717) is 30.9 Å². The van der Waals surface area contributed by atoms with Crippen molar-refractivity contribution in [2.75, 3.05) is 0 Å². The van der Waals surface area contributed by atoms with Gasteiger partial charge >= 0.3 is 5.97 Å². The number of rotatable bonds is 5. The van der Waals surface area contributed by atoms with E-state index in [-0.39, 0.29) is 5.56 Å². The van der Waals surface area contributed by atoms with E-state index < -0.39 is 11.4 Å². The fourth-order valence-corrected chi connectivity index (χ4v) is 1.82. The molecular formula is C13H20N2O3. The maximum Gasteiger partial charge on any atom is 0.309 e. The molecule has 0 unspecified atom stereocenters. The largest absolute Gasteiger partial charge is 0.481 e. The van der Waals surface area contributed by atoms with Gasteiger partial charge in [-0.25, -0.2) is 4.98 Å². The Hall–Kier alpha value is -1.65. The maximum atomic E-state index is 11.8. The van der Waals surface area contributed by atoms with Crippen LogP contribution in [0.2, 0.25) is 0 Å². The lowest BCUT2D eigenvalue weighted by Crippen LogP contribution is -2.27. The number of aryl methyl sites for hydroxylation is 2. The van der Waals surface area contributed by atoms with E-state index in [0.717, 1.165) is 0 Å². The fraction of sp³-hybridized carbons (Fsp3) is 0.615. The minimum absolute atomic E-state index is 0.0758. The Balaban J connectivity index is 2.71. The summed E-state index contributed by atoms with van der Waals surface area (Å²) in [6.07, 6.45) is 1.17. The number of aliphatic carboxylic acids is 1. The van der Waals surface area contributed by atoms with E-state index in [1.165, 1.54) is 6.07 Å². The summed E-state index contributed by atoms with van der Waals surface area (Å²) in [5, 5.41) is 9.00. The van der Waals surface area contributed by atoms with Crippen LogP contribution in [-0.4, -0.2) is 20.6 Å². The van der Waals surface area contributed by atoms with Crippen LogP contribution < -0.4 is 5.56 Å². The Morgan fingerprint density at radius 2 is 2.06 bits per heavy atom. The molecule has 0 bridgehead atoms. The van der Waals surface area contributed by atoms with Crippen LogP contribution in [0.1, 0.15) is 38.2 Å². The molecule has 0 aliphatic rings. The van der Waals surface area contributed by atoms with E-state index in [1.807, 2.05) is 0 Å². The zero-order chi connectivity index (χ0) is 13.9. The molecule has 1 N–H and O–H groups in total. The molecule has 0 spiro atoms.